The van der Waals surface area contributed by atoms with E-state index in [1.165, 1.54) is 25.6 Å². The Morgan fingerprint density at radius 2 is 1.96 bits per heavy atom. The molecule has 4 heterocycles. The van der Waals surface area contributed by atoms with E-state index in [0.29, 0.717) is 30.8 Å². The van der Waals surface area contributed by atoms with Crippen molar-refractivity contribution in [3.63, 3.8) is 0 Å². The van der Waals surface area contributed by atoms with Gasteiger partial charge in [0.05, 0.1) is 24.3 Å². The molecule has 0 spiro atoms. The number of anilines is 2. The van der Waals surface area contributed by atoms with Gasteiger partial charge in [0.25, 0.3) is 11.8 Å². The van der Waals surface area contributed by atoms with Crippen LogP contribution in [0.3, 0.4) is 0 Å². The van der Waals surface area contributed by atoms with Gasteiger partial charge in [-0.25, -0.2) is 4.79 Å². The van der Waals surface area contributed by atoms with Crippen molar-refractivity contribution in [3.05, 3.63) is 28.9 Å². The van der Waals surface area contributed by atoms with E-state index >= 15 is 0 Å². The maximum Gasteiger partial charge on any atom is 0.353 e. The smallest absolute Gasteiger partial charge is 0.353 e. The Labute approximate surface area is 277 Å². The fraction of sp³-hybridized carbons (Fsp3) is 0.519. The summed E-state index contributed by atoms with van der Waals surface area (Å²) >= 11 is 2.03. The van der Waals surface area contributed by atoms with Crippen molar-refractivity contribution in [1.82, 2.24) is 29.6 Å². The molecule has 2 aromatic rings. The third-order valence-corrected chi connectivity index (χ3v) is 8.88. The molecular weight excluding hydrogens is 656 g/mol. The quantitative estimate of drug-likeness (QED) is 0.0324. The Balaban J connectivity index is 1.54. The summed E-state index contributed by atoms with van der Waals surface area (Å²) in [5.41, 5.74) is 9.85. The molecule has 2 atom stereocenters. The van der Waals surface area contributed by atoms with Gasteiger partial charge in [0.2, 0.25) is 29.7 Å². The van der Waals surface area contributed by atoms with Crippen LogP contribution in [-0.4, -0.2) is 89.7 Å². The second-order valence-electron chi connectivity index (χ2n) is 12.1. The monoisotopic (exact) mass is 692 g/mol. The molecule has 2 aromatic heterocycles. The zero-order valence-corrected chi connectivity index (χ0v) is 28.2. The molecule has 0 saturated carbocycles. The summed E-state index contributed by atoms with van der Waals surface area (Å²) in [6.45, 7) is 8.29. The van der Waals surface area contributed by atoms with Crippen LogP contribution in [-0.2, 0) is 53.6 Å². The van der Waals surface area contributed by atoms with Crippen LogP contribution < -0.4 is 31.9 Å². The molecule has 3 amide bonds. The van der Waals surface area contributed by atoms with E-state index in [1.54, 1.807) is 43.4 Å². The van der Waals surface area contributed by atoms with Crippen LogP contribution in [0.4, 0.5) is 10.9 Å². The van der Waals surface area contributed by atoms with Gasteiger partial charge in [-0.3, -0.25) is 19.3 Å². The first-order valence-electron chi connectivity index (χ1n) is 14.2. The Morgan fingerprint density at radius 1 is 1.26 bits per heavy atom. The maximum atomic E-state index is 13.5. The number of hydrogen-bond acceptors (Lipinski definition) is 15. The molecule has 20 heteroatoms. The second-order valence-corrected chi connectivity index (χ2v) is 14.0. The molecule has 2 aliphatic rings. The first-order valence-corrected chi connectivity index (χ1v) is 16.1. The number of carbonyl (C=O) groups is 5. The number of carboxylic acid groups (broad SMARTS) is 1. The van der Waals surface area contributed by atoms with Crippen molar-refractivity contribution < 1.29 is 43.3 Å². The summed E-state index contributed by atoms with van der Waals surface area (Å²) in [4.78, 5) is 72.9. The van der Waals surface area contributed by atoms with Gasteiger partial charge in [-0.15, -0.1) is 21.1 Å². The van der Waals surface area contributed by atoms with E-state index in [1.807, 2.05) is 0 Å². The molecule has 1 fully saturated rings. The highest BCUT2D eigenvalue weighted by molar-refractivity contribution is 8.00. The number of nitrogens with one attached hydrogen (secondary N) is 2. The zero-order chi connectivity index (χ0) is 34.8. The summed E-state index contributed by atoms with van der Waals surface area (Å²) in [6.07, 6.45) is 2.78. The van der Waals surface area contributed by atoms with Gasteiger partial charge in [-0.05, 0) is 41.0 Å². The average Bonchev–Trinajstić information content (AvgIpc) is 3.52. The Morgan fingerprint density at radius 3 is 2.55 bits per heavy atom. The summed E-state index contributed by atoms with van der Waals surface area (Å²) in [6, 6.07) is -1.14. The number of β-lactam (4-membered cyclic amide) rings is 1. The largest absolute Gasteiger partial charge is 0.543 e. The molecule has 6 N–H and O–H groups in total. The summed E-state index contributed by atoms with van der Waals surface area (Å²) in [7, 11) is 1.70. The molecule has 0 radical (unpaired) electrons. The summed E-state index contributed by atoms with van der Waals surface area (Å²) in [5, 5.41) is 20.6. The number of nitrogens with zero attached hydrogens (tertiary/aromatic N) is 6. The van der Waals surface area contributed by atoms with Crippen LogP contribution in [0.2, 0.25) is 0 Å². The molecule has 2 aliphatic heterocycles. The Hall–Kier alpha value is -4.72. The normalized spacial score (nSPS) is 18.3. The highest BCUT2D eigenvalue weighted by Crippen LogP contribution is 2.40. The predicted molar refractivity (Wildman–Crippen MR) is 167 cm³/mol. The number of ether oxygens (including phenoxy) is 1. The van der Waals surface area contributed by atoms with Gasteiger partial charge in [0.15, 0.2) is 17.5 Å². The number of carboxylic acids is 1. The lowest BCUT2D eigenvalue weighted by Gasteiger charge is -2.50. The minimum atomic E-state index is -1.62. The van der Waals surface area contributed by atoms with Gasteiger partial charge in [-0.2, -0.15) is 9.36 Å². The van der Waals surface area contributed by atoms with Gasteiger partial charge in [0.1, 0.15) is 17.0 Å². The van der Waals surface area contributed by atoms with Crippen molar-refractivity contribution in [2.75, 3.05) is 23.8 Å². The SMILES string of the molecule is Cn1c(N)c(CCNC=O)c[n+]1CC1=C(C(=O)[O-])N2C(=O)[C@@H](NC(=O)/C(=N\OC(C)(C)C(=O)OC(C)(C)C)c3nsc(N)n3)[C@H]2SC1. The number of esters is 1. The van der Waals surface area contributed by atoms with Crippen molar-refractivity contribution in [2.45, 2.75) is 70.2 Å². The standard InChI is InChI=1S/C27H36N10O8S2/c1-26(2,3)44-24(43)27(4,5)45-33-15(19-32-25(29)47-34-19)20(39)31-16-21(40)37-17(23(41)42)14(11-46-22(16)37)10-36-9-13(7-8-30-12-38)18(28)35(36)6/h9,12,16,22,28H,7-8,10-11H2,1-6H3,(H5,29,30,31,32,34,38,39,41,42)/b33-15-/t16-,22-/m1/s1. The van der Waals surface area contributed by atoms with E-state index in [0.717, 1.165) is 22.0 Å². The highest BCUT2D eigenvalue weighted by atomic mass is 32.2. The first-order chi connectivity index (χ1) is 21.9. The fourth-order valence-corrected chi connectivity index (χ4v) is 6.37. The fourth-order valence-electron chi connectivity index (χ4n) is 4.60. The van der Waals surface area contributed by atoms with Crippen LogP contribution in [0.5, 0.6) is 0 Å². The highest BCUT2D eigenvalue weighted by Gasteiger charge is 2.53. The van der Waals surface area contributed by atoms with Crippen molar-refractivity contribution in [1.29, 1.82) is 0 Å². The van der Waals surface area contributed by atoms with Crippen molar-refractivity contribution >= 4 is 70.1 Å². The minimum absolute atomic E-state index is 0.0273. The molecule has 0 aliphatic carbocycles. The van der Waals surface area contributed by atoms with E-state index in [4.69, 9.17) is 21.0 Å². The predicted octanol–water partition coefficient (Wildman–Crippen LogP) is -2.44. The van der Waals surface area contributed by atoms with Crippen LogP contribution in [0.1, 0.15) is 46.0 Å². The first kappa shape index (κ1) is 35.1. The van der Waals surface area contributed by atoms with Gasteiger partial charge in [-0.1, -0.05) is 5.16 Å². The Kier molecular flexibility index (Phi) is 10.1. The second kappa shape index (κ2) is 13.6. The van der Waals surface area contributed by atoms with E-state index in [9.17, 15) is 29.1 Å². The molecule has 0 unspecified atom stereocenters. The zero-order valence-electron chi connectivity index (χ0n) is 26.6. The minimum Gasteiger partial charge on any atom is -0.543 e. The lowest BCUT2D eigenvalue weighted by atomic mass is 10.0. The van der Waals surface area contributed by atoms with Crippen LogP contribution in [0.25, 0.3) is 0 Å². The average molecular weight is 693 g/mol. The number of nitrogen functional groups attached to an aromatic ring is 2. The molecule has 0 bridgehead atoms. The van der Waals surface area contributed by atoms with Gasteiger partial charge < -0.3 is 41.6 Å². The van der Waals surface area contributed by atoms with Crippen molar-refractivity contribution in [3.8, 4) is 0 Å². The van der Waals surface area contributed by atoms with Gasteiger partial charge in [0, 0.05) is 29.4 Å². The van der Waals surface area contributed by atoms with Crippen LogP contribution in [0, 0.1) is 0 Å². The Bertz CT molecular complexity index is 1660. The number of amides is 3. The maximum absolute atomic E-state index is 13.5. The van der Waals surface area contributed by atoms with Gasteiger partial charge >= 0.3 is 5.97 Å². The molecule has 4 rings (SSSR count). The van der Waals surface area contributed by atoms with Crippen LogP contribution in [0.15, 0.2) is 22.6 Å². The third-order valence-electron chi connectivity index (χ3n) is 6.99. The molecule has 1 saturated heterocycles. The molecule has 0 aromatic carbocycles. The summed E-state index contributed by atoms with van der Waals surface area (Å²) < 4.78 is 12.7. The molecule has 47 heavy (non-hydrogen) atoms. The number of oxime groups is 1. The number of aliphatic carboxylic acids is 1. The van der Waals surface area contributed by atoms with E-state index < -0.39 is 52.1 Å². The topological polar surface area (TPSA) is 253 Å². The van der Waals surface area contributed by atoms with E-state index in [-0.39, 0.29) is 29.0 Å². The number of thioether (sulfide) groups is 1. The van der Waals surface area contributed by atoms with E-state index in [2.05, 4.69) is 25.1 Å². The number of aromatic nitrogens is 4. The number of rotatable bonds is 13. The number of nitrogens with two attached hydrogens (primary N) is 2. The number of hydrogen-bond donors (Lipinski definition) is 4. The summed E-state index contributed by atoms with van der Waals surface area (Å²) in [5.74, 6) is -3.48. The third kappa shape index (κ3) is 7.64. The van der Waals surface area contributed by atoms with Crippen LogP contribution >= 0.6 is 23.3 Å². The lowest BCUT2D eigenvalue weighted by Crippen LogP contribution is -2.71. The lowest BCUT2D eigenvalue weighted by molar-refractivity contribution is -0.765. The number of fused-ring (bicyclic) bond motifs is 1. The molecular formula is C27H36N10O8S2. The molecule has 18 nitrogen and oxygen atoms in total. The molecule has 254 valence electrons. The number of carbonyl (C=O) groups excluding carboxylic acids is 5. The van der Waals surface area contributed by atoms with Crippen molar-refractivity contribution in [2.24, 2.45) is 12.2 Å².